The third-order valence-corrected chi connectivity index (χ3v) is 4.95. The van der Waals surface area contributed by atoms with Gasteiger partial charge in [0.25, 0.3) is 5.91 Å². The Hall–Kier alpha value is -3.86. The number of amides is 2. The first-order valence-corrected chi connectivity index (χ1v) is 9.97. The molecule has 4 rings (SSSR count). The van der Waals surface area contributed by atoms with Gasteiger partial charge in [-0.3, -0.25) is 9.59 Å². The van der Waals surface area contributed by atoms with Crippen LogP contribution in [0.15, 0.2) is 85.1 Å². The smallest absolute Gasteiger partial charge is 0.257 e. The number of aromatic nitrogens is 1. The third-order valence-electron chi connectivity index (χ3n) is 4.95. The molecule has 5 nitrogen and oxygen atoms in total. The fraction of sp³-hybridized carbons (Fsp3) is 0.120. The zero-order valence-corrected chi connectivity index (χ0v) is 16.8. The van der Waals surface area contributed by atoms with Gasteiger partial charge in [-0.15, -0.1) is 0 Å². The van der Waals surface area contributed by atoms with Crippen molar-refractivity contribution in [3.8, 4) is 0 Å². The van der Waals surface area contributed by atoms with Crippen LogP contribution in [0.5, 0.6) is 0 Å². The summed E-state index contributed by atoms with van der Waals surface area (Å²) in [6.45, 7) is 2.49. The summed E-state index contributed by atoms with van der Waals surface area (Å²) in [6.07, 6.45) is 2.30. The van der Waals surface area contributed by atoms with Crippen LogP contribution >= 0.6 is 0 Å². The first-order chi connectivity index (χ1) is 14.6. The minimum Gasteiger partial charge on any atom is -0.342 e. The second-order valence-corrected chi connectivity index (χ2v) is 7.11. The third kappa shape index (κ3) is 4.25. The van der Waals surface area contributed by atoms with E-state index in [9.17, 15) is 9.59 Å². The molecule has 0 bridgehead atoms. The Balaban J connectivity index is 1.61. The number of benzene rings is 3. The summed E-state index contributed by atoms with van der Waals surface area (Å²) in [5.74, 6) is -0.251. The Bertz CT molecular complexity index is 1200. The van der Waals surface area contributed by atoms with E-state index in [-0.39, 0.29) is 11.8 Å². The highest BCUT2D eigenvalue weighted by Crippen LogP contribution is 2.24. The lowest BCUT2D eigenvalue weighted by Gasteiger charge is -2.08. The maximum Gasteiger partial charge on any atom is 0.257 e. The zero-order chi connectivity index (χ0) is 20.9. The van der Waals surface area contributed by atoms with Crippen LogP contribution in [-0.4, -0.2) is 16.4 Å². The number of anilines is 2. The highest BCUT2D eigenvalue weighted by molar-refractivity contribution is 6.13. The maximum absolute atomic E-state index is 13.1. The van der Waals surface area contributed by atoms with E-state index >= 15 is 0 Å². The molecule has 30 heavy (non-hydrogen) atoms. The van der Waals surface area contributed by atoms with Crippen molar-refractivity contribution in [1.29, 1.82) is 0 Å². The van der Waals surface area contributed by atoms with E-state index in [1.807, 2.05) is 54.7 Å². The van der Waals surface area contributed by atoms with Gasteiger partial charge in [-0.1, -0.05) is 61.5 Å². The van der Waals surface area contributed by atoms with Crippen LogP contribution in [-0.2, 0) is 11.3 Å². The normalized spacial score (nSPS) is 10.7. The van der Waals surface area contributed by atoms with Crippen LogP contribution in [0, 0.1) is 0 Å². The molecule has 0 aliphatic heterocycles. The number of para-hydroxylation sites is 1. The topological polar surface area (TPSA) is 63.1 Å². The molecule has 0 aliphatic carbocycles. The number of nitrogens with zero attached hydrogens (tertiary/aromatic N) is 1. The maximum atomic E-state index is 13.1. The fourth-order valence-electron chi connectivity index (χ4n) is 3.46. The van der Waals surface area contributed by atoms with Crippen LogP contribution in [0.2, 0.25) is 0 Å². The second kappa shape index (κ2) is 8.66. The summed E-state index contributed by atoms with van der Waals surface area (Å²) in [5.41, 5.74) is 4.09. The minimum absolute atomic E-state index is 0.0672. The van der Waals surface area contributed by atoms with Gasteiger partial charge in [0, 0.05) is 41.4 Å². The van der Waals surface area contributed by atoms with Crippen molar-refractivity contribution in [1.82, 2.24) is 4.57 Å². The molecule has 2 amide bonds. The van der Waals surface area contributed by atoms with Gasteiger partial charge in [0.15, 0.2) is 0 Å². The Morgan fingerprint density at radius 1 is 0.833 bits per heavy atom. The predicted octanol–water partition coefficient (Wildman–Crippen LogP) is 5.29. The Labute approximate surface area is 175 Å². The summed E-state index contributed by atoms with van der Waals surface area (Å²) >= 11 is 0. The predicted molar refractivity (Wildman–Crippen MR) is 121 cm³/mol. The van der Waals surface area contributed by atoms with E-state index in [4.69, 9.17) is 0 Å². The van der Waals surface area contributed by atoms with Crippen molar-refractivity contribution < 1.29 is 9.59 Å². The minimum atomic E-state index is -0.183. The monoisotopic (exact) mass is 397 g/mol. The van der Waals surface area contributed by atoms with Gasteiger partial charge in [-0.05, 0) is 29.8 Å². The first kappa shape index (κ1) is 19.5. The molecule has 0 aliphatic rings. The lowest BCUT2D eigenvalue weighted by Crippen LogP contribution is -2.13. The molecule has 0 fully saturated rings. The van der Waals surface area contributed by atoms with Crippen molar-refractivity contribution in [3.05, 3.63) is 96.2 Å². The SMILES string of the molecule is CCC(=O)Nc1cccc(NC(=O)c2cn(Cc3ccccc3)c3ccccc23)c1. The van der Waals surface area contributed by atoms with E-state index in [1.54, 1.807) is 25.1 Å². The van der Waals surface area contributed by atoms with Crippen LogP contribution in [0.25, 0.3) is 10.9 Å². The zero-order valence-electron chi connectivity index (χ0n) is 16.8. The highest BCUT2D eigenvalue weighted by Gasteiger charge is 2.15. The molecule has 1 aromatic heterocycles. The molecule has 150 valence electrons. The van der Waals surface area contributed by atoms with Gasteiger partial charge in [-0.25, -0.2) is 0 Å². The highest BCUT2D eigenvalue weighted by atomic mass is 16.2. The van der Waals surface area contributed by atoms with E-state index in [0.717, 1.165) is 10.9 Å². The van der Waals surface area contributed by atoms with Crippen LogP contribution in [0.3, 0.4) is 0 Å². The molecule has 1 heterocycles. The lowest BCUT2D eigenvalue weighted by atomic mass is 10.1. The Kier molecular flexibility index (Phi) is 5.61. The molecule has 3 aromatic carbocycles. The second-order valence-electron chi connectivity index (χ2n) is 7.11. The fourth-order valence-corrected chi connectivity index (χ4v) is 3.46. The van der Waals surface area contributed by atoms with Crippen LogP contribution in [0.1, 0.15) is 29.3 Å². The Morgan fingerprint density at radius 2 is 1.53 bits per heavy atom. The summed E-state index contributed by atoms with van der Waals surface area (Å²) < 4.78 is 2.09. The largest absolute Gasteiger partial charge is 0.342 e. The first-order valence-electron chi connectivity index (χ1n) is 9.97. The van der Waals surface area contributed by atoms with Gasteiger partial charge >= 0.3 is 0 Å². The number of nitrogens with one attached hydrogen (secondary N) is 2. The van der Waals surface area contributed by atoms with Crippen molar-refractivity contribution in [3.63, 3.8) is 0 Å². The number of hydrogen-bond donors (Lipinski definition) is 2. The molecule has 0 atom stereocenters. The van der Waals surface area contributed by atoms with Crippen molar-refractivity contribution in [2.45, 2.75) is 19.9 Å². The summed E-state index contributed by atoms with van der Waals surface area (Å²) in [6, 6.07) is 25.2. The molecule has 0 unspecified atom stereocenters. The molecule has 0 spiro atoms. The molecule has 0 saturated carbocycles. The quantitative estimate of drug-likeness (QED) is 0.464. The van der Waals surface area contributed by atoms with Crippen LogP contribution in [0.4, 0.5) is 11.4 Å². The summed E-state index contributed by atoms with van der Waals surface area (Å²) in [7, 11) is 0. The van der Waals surface area contributed by atoms with Gasteiger partial charge in [-0.2, -0.15) is 0 Å². The molecular formula is C25H23N3O2. The molecule has 4 aromatic rings. The number of carbonyl (C=O) groups excluding carboxylic acids is 2. The Morgan fingerprint density at radius 3 is 2.30 bits per heavy atom. The van der Waals surface area contributed by atoms with Crippen molar-refractivity contribution in [2.24, 2.45) is 0 Å². The average molecular weight is 397 g/mol. The molecule has 2 N–H and O–H groups in total. The van der Waals surface area contributed by atoms with Crippen LogP contribution < -0.4 is 10.6 Å². The molecule has 5 heteroatoms. The van der Waals surface area contributed by atoms with Gasteiger partial charge in [0.2, 0.25) is 5.91 Å². The van der Waals surface area contributed by atoms with E-state index < -0.39 is 0 Å². The van der Waals surface area contributed by atoms with Gasteiger partial charge in [0.05, 0.1) is 5.56 Å². The molecule has 0 saturated heterocycles. The number of carbonyl (C=O) groups is 2. The lowest BCUT2D eigenvalue weighted by molar-refractivity contribution is -0.115. The van der Waals surface area contributed by atoms with E-state index in [0.29, 0.717) is 29.9 Å². The van der Waals surface area contributed by atoms with Gasteiger partial charge in [0.1, 0.15) is 0 Å². The average Bonchev–Trinajstić information content (AvgIpc) is 3.13. The molecule has 0 radical (unpaired) electrons. The number of hydrogen-bond acceptors (Lipinski definition) is 2. The summed E-state index contributed by atoms with van der Waals surface area (Å²) in [5, 5.41) is 6.67. The van der Waals surface area contributed by atoms with E-state index in [1.165, 1.54) is 5.56 Å². The van der Waals surface area contributed by atoms with Crippen molar-refractivity contribution >= 4 is 34.1 Å². The summed E-state index contributed by atoms with van der Waals surface area (Å²) in [4.78, 5) is 24.7. The number of rotatable bonds is 6. The number of fused-ring (bicyclic) bond motifs is 1. The van der Waals surface area contributed by atoms with Gasteiger partial charge < -0.3 is 15.2 Å². The standard InChI is InChI=1S/C25H23N3O2/c1-2-24(29)26-19-11-8-12-20(15-19)27-25(30)22-17-28(16-18-9-4-3-5-10-18)23-14-7-6-13-21(22)23/h3-15,17H,2,16H2,1H3,(H,26,29)(H,27,30). The van der Waals surface area contributed by atoms with E-state index in [2.05, 4.69) is 27.3 Å². The van der Waals surface area contributed by atoms with Crippen molar-refractivity contribution in [2.75, 3.05) is 10.6 Å². The molecular weight excluding hydrogens is 374 g/mol.